The summed E-state index contributed by atoms with van der Waals surface area (Å²) in [7, 11) is -1.58. The van der Waals surface area contributed by atoms with Gasteiger partial charge in [0, 0.05) is 11.3 Å². The molecule has 1 aliphatic carbocycles. The predicted molar refractivity (Wildman–Crippen MR) is 81.7 cm³/mol. The Morgan fingerprint density at radius 3 is 2.55 bits per heavy atom. The van der Waals surface area contributed by atoms with Crippen molar-refractivity contribution in [1.29, 1.82) is 0 Å². The molecule has 0 bridgehead atoms. The number of carbonyl (C=O) groups excluding carboxylic acids is 2. The fourth-order valence-corrected chi connectivity index (χ4v) is 4.90. The molecule has 1 heterocycles. The lowest BCUT2D eigenvalue weighted by atomic mass is 10.2. The molecule has 1 aliphatic heterocycles. The van der Waals surface area contributed by atoms with Crippen LogP contribution in [0.4, 0.5) is 4.79 Å². The summed E-state index contributed by atoms with van der Waals surface area (Å²) in [4.78, 5) is 25.4. The molecule has 0 radical (unpaired) electrons. The Hall–Kier alpha value is -1.69. The zero-order valence-corrected chi connectivity index (χ0v) is 13.7. The fourth-order valence-electron chi connectivity index (χ4n) is 3.03. The van der Waals surface area contributed by atoms with Gasteiger partial charge in [-0.3, -0.25) is 13.9 Å². The van der Waals surface area contributed by atoms with Gasteiger partial charge < -0.3 is 4.74 Å². The van der Waals surface area contributed by atoms with Crippen molar-refractivity contribution in [2.45, 2.75) is 55.0 Å². The van der Waals surface area contributed by atoms with Crippen molar-refractivity contribution in [2.75, 3.05) is 0 Å². The van der Waals surface area contributed by atoms with E-state index in [4.69, 9.17) is 4.74 Å². The van der Waals surface area contributed by atoms with Gasteiger partial charge in [-0.05, 0) is 39.3 Å². The van der Waals surface area contributed by atoms with Crippen molar-refractivity contribution >= 4 is 22.7 Å². The number of ketones is 1. The Morgan fingerprint density at radius 1 is 1.32 bits per heavy atom. The van der Waals surface area contributed by atoms with Crippen LogP contribution >= 0.6 is 0 Å². The zero-order chi connectivity index (χ0) is 16.1. The van der Waals surface area contributed by atoms with Gasteiger partial charge >= 0.3 is 6.09 Å². The summed E-state index contributed by atoms with van der Waals surface area (Å²) in [6.07, 6.45) is 0.356. The van der Waals surface area contributed by atoms with Gasteiger partial charge in [0.15, 0.2) is 5.78 Å². The first kappa shape index (κ1) is 15.2. The molecule has 118 valence electrons. The molecular formula is C16H19NO4S. The molecule has 3 rings (SSSR count). The fraction of sp³-hybridized carbons (Fsp3) is 0.500. The summed E-state index contributed by atoms with van der Waals surface area (Å²) < 4.78 is 18.3. The van der Waals surface area contributed by atoms with Gasteiger partial charge in [0.1, 0.15) is 5.60 Å². The molecule has 3 atom stereocenters. The van der Waals surface area contributed by atoms with Crippen molar-refractivity contribution < 1.29 is 18.5 Å². The first-order chi connectivity index (χ1) is 10.3. The highest BCUT2D eigenvalue weighted by Gasteiger charge is 2.77. The van der Waals surface area contributed by atoms with E-state index in [0.29, 0.717) is 17.7 Å². The van der Waals surface area contributed by atoms with Gasteiger partial charge in [-0.1, -0.05) is 18.2 Å². The average molecular weight is 321 g/mol. The first-order valence-corrected chi connectivity index (χ1v) is 8.46. The van der Waals surface area contributed by atoms with E-state index in [-0.39, 0.29) is 11.8 Å². The van der Waals surface area contributed by atoms with Crippen molar-refractivity contribution in [2.24, 2.45) is 0 Å². The Labute approximate surface area is 132 Å². The molecule has 0 spiro atoms. The summed E-state index contributed by atoms with van der Waals surface area (Å²) in [5.41, 5.74) is -0.646. The molecule has 1 amide bonds. The highest BCUT2D eigenvalue weighted by atomic mass is 32.2. The number of hydrogen-bond acceptors (Lipinski definition) is 4. The van der Waals surface area contributed by atoms with E-state index in [1.807, 2.05) is 6.07 Å². The number of rotatable bonds is 2. The first-order valence-electron chi connectivity index (χ1n) is 7.31. The number of likely N-dealkylation sites (tertiary alicyclic amines) is 1. The van der Waals surface area contributed by atoms with E-state index in [9.17, 15) is 13.8 Å². The number of benzene rings is 1. The van der Waals surface area contributed by atoms with Gasteiger partial charge in [-0.2, -0.15) is 0 Å². The van der Waals surface area contributed by atoms with Crippen molar-refractivity contribution in [3.63, 3.8) is 0 Å². The summed E-state index contributed by atoms with van der Waals surface area (Å²) >= 11 is 0. The maximum atomic E-state index is 12.9. The maximum Gasteiger partial charge on any atom is 0.412 e. The van der Waals surface area contributed by atoms with Crippen molar-refractivity contribution in [3.8, 4) is 0 Å². The molecule has 0 aromatic heterocycles. The lowest BCUT2D eigenvalue weighted by Gasteiger charge is -2.22. The van der Waals surface area contributed by atoms with Crippen LogP contribution in [0.15, 0.2) is 35.2 Å². The van der Waals surface area contributed by atoms with Gasteiger partial charge in [0.25, 0.3) is 0 Å². The number of Topliss-reactive ketones (excluding diaryl/α,β-unsaturated/α-hetero) is 1. The average Bonchev–Trinajstić information content (AvgIpc) is 3.02. The normalized spacial score (nSPS) is 28.2. The second-order valence-electron chi connectivity index (χ2n) is 6.61. The summed E-state index contributed by atoms with van der Waals surface area (Å²) in [6, 6.07) is 8.51. The topological polar surface area (TPSA) is 63.5 Å². The minimum Gasteiger partial charge on any atom is -0.444 e. The predicted octanol–water partition coefficient (Wildman–Crippen LogP) is 2.47. The molecule has 2 aliphatic rings. The van der Waals surface area contributed by atoms with Crippen LogP contribution in [0.25, 0.3) is 0 Å². The molecule has 1 saturated heterocycles. The largest absolute Gasteiger partial charge is 0.444 e. The van der Waals surface area contributed by atoms with Gasteiger partial charge in [-0.15, -0.1) is 0 Å². The molecular weight excluding hydrogens is 302 g/mol. The van der Waals surface area contributed by atoms with Crippen molar-refractivity contribution in [1.82, 2.24) is 4.90 Å². The zero-order valence-electron chi connectivity index (χ0n) is 12.9. The number of amides is 1. The molecule has 1 saturated carbocycles. The van der Waals surface area contributed by atoms with Crippen LogP contribution in [0.5, 0.6) is 0 Å². The van der Waals surface area contributed by atoms with Crippen LogP contribution in [-0.2, 0) is 20.3 Å². The molecule has 2 fully saturated rings. The van der Waals surface area contributed by atoms with E-state index >= 15 is 0 Å². The van der Waals surface area contributed by atoms with Gasteiger partial charge in [0.05, 0.1) is 16.8 Å². The van der Waals surface area contributed by atoms with E-state index in [1.165, 1.54) is 4.90 Å². The Kier molecular flexibility index (Phi) is 3.40. The second-order valence-corrected chi connectivity index (χ2v) is 8.24. The monoisotopic (exact) mass is 321 g/mol. The molecule has 0 N–H and O–H groups in total. The SMILES string of the molecule is CC(C)(C)OC(=O)N1[C@@H]2CCC(=O)[C@@]21[S@@](=O)c1ccccc1. The third kappa shape index (κ3) is 2.17. The van der Waals surface area contributed by atoms with Crippen LogP contribution < -0.4 is 0 Å². The summed E-state index contributed by atoms with van der Waals surface area (Å²) in [6.45, 7) is 5.31. The van der Waals surface area contributed by atoms with Crippen LogP contribution in [-0.4, -0.2) is 37.5 Å². The third-order valence-corrected chi connectivity index (χ3v) is 5.89. The Morgan fingerprint density at radius 2 is 1.95 bits per heavy atom. The maximum absolute atomic E-state index is 12.9. The molecule has 6 heteroatoms. The number of hydrogen-bond donors (Lipinski definition) is 0. The Balaban J connectivity index is 1.91. The summed E-state index contributed by atoms with van der Waals surface area (Å²) in [5, 5.41) is 0. The Bertz CT molecular complexity index is 652. The molecule has 5 nitrogen and oxygen atoms in total. The van der Waals surface area contributed by atoms with Crippen LogP contribution in [0.3, 0.4) is 0 Å². The smallest absolute Gasteiger partial charge is 0.412 e. The lowest BCUT2D eigenvalue weighted by molar-refractivity contribution is -0.119. The number of piperidine rings is 1. The summed E-state index contributed by atoms with van der Waals surface area (Å²) in [5.74, 6) is -0.134. The second kappa shape index (κ2) is 4.91. The number of carbonyl (C=O) groups is 2. The van der Waals surface area contributed by atoms with E-state index in [0.717, 1.165) is 0 Å². The van der Waals surface area contributed by atoms with Crippen LogP contribution in [0, 0.1) is 0 Å². The third-order valence-electron chi connectivity index (χ3n) is 3.93. The standard InChI is InChI=1S/C16H19NO4S/c1-15(2,3)21-14(19)17-12-9-10-13(18)16(12,17)22(20)11-7-5-4-6-8-11/h4-8,12H,9-10H2,1-3H3/t12-,16+,17?,22+/m1/s1. The van der Waals surface area contributed by atoms with Gasteiger partial charge in [-0.25, -0.2) is 4.79 Å². The molecule has 1 aromatic rings. The molecule has 0 unspecified atom stereocenters. The minimum absolute atomic E-state index is 0.134. The van der Waals surface area contributed by atoms with Crippen LogP contribution in [0.2, 0.25) is 0 Å². The van der Waals surface area contributed by atoms with Gasteiger partial charge in [0.2, 0.25) is 4.87 Å². The molecule has 1 aromatic carbocycles. The van der Waals surface area contributed by atoms with E-state index in [2.05, 4.69) is 0 Å². The highest BCUT2D eigenvalue weighted by molar-refractivity contribution is 7.87. The number of fused-ring (bicyclic) bond motifs is 1. The minimum atomic E-state index is -1.58. The molecule has 22 heavy (non-hydrogen) atoms. The van der Waals surface area contributed by atoms with Crippen molar-refractivity contribution in [3.05, 3.63) is 30.3 Å². The number of nitrogens with zero attached hydrogens (tertiary/aromatic N) is 1. The van der Waals surface area contributed by atoms with Crippen LogP contribution in [0.1, 0.15) is 33.6 Å². The lowest BCUT2D eigenvalue weighted by Crippen LogP contribution is -2.38. The quantitative estimate of drug-likeness (QED) is 0.785. The van der Waals surface area contributed by atoms with E-state index < -0.39 is 27.4 Å². The van der Waals surface area contributed by atoms with E-state index in [1.54, 1.807) is 45.0 Å². The highest BCUT2D eigenvalue weighted by Crippen LogP contribution is 2.55. The number of ether oxygens (including phenoxy) is 1.